The van der Waals surface area contributed by atoms with Crippen LogP contribution in [-0.2, 0) is 30.5 Å². The average Bonchev–Trinajstić information content (AvgIpc) is 3.13. The van der Waals surface area contributed by atoms with Crippen molar-refractivity contribution in [2.75, 3.05) is 6.54 Å². The number of ether oxygens (including phenoxy) is 1. The maximum absolute atomic E-state index is 12.8. The number of halogens is 3. The highest BCUT2D eigenvalue weighted by atomic mass is 32.1. The molecule has 0 fully saturated rings. The SMILES string of the molecule is Cc1nc(-c2ccc(C(F)(F)F)cc2)sc1CN1CCc2ccc(OC(C)(C)C(=O)O)cc2C1. The van der Waals surface area contributed by atoms with Crippen LogP contribution < -0.4 is 4.74 Å². The Bertz CT molecular complexity index is 1200. The Morgan fingerprint density at radius 1 is 1.15 bits per heavy atom. The minimum absolute atomic E-state index is 0.520. The van der Waals surface area contributed by atoms with E-state index in [9.17, 15) is 23.1 Å². The van der Waals surface area contributed by atoms with E-state index in [4.69, 9.17) is 4.74 Å². The molecule has 1 aliphatic rings. The van der Waals surface area contributed by atoms with Gasteiger partial charge < -0.3 is 9.84 Å². The number of carbonyl (C=O) groups is 1. The number of aliphatic carboxylic acids is 1. The highest BCUT2D eigenvalue weighted by Crippen LogP contribution is 2.34. The van der Waals surface area contributed by atoms with Crippen LogP contribution in [0.3, 0.4) is 0 Å². The summed E-state index contributed by atoms with van der Waals surface area (Å²) >= 11 is 1.49. The standard InChI is InChI=1S/C25H25F3N2O3S/c1-15-21(34-22(29-15)17-4-7-19(8-5-17)25(26,27)28)14-30-11-10-16-6-9-20(12-18(16)13-30)33-24(2,3)23(31)32/h4-9,12H,10-11,13-14H2,1-3H3,(H,31,32). The molecular formula is C25H25F3N2O3S. The molecule has 34 heavy (non-hydrogen) atoms. The highest BCUT2D eigenvalue weighted by Gasteiger charge is 2.31. The third-order valence-electron chi connectivity index (χ3n) is 5.88. The molecule has 2 heterocycles. The number of hydrogen-bond donors (Lipinski definition) is 1. The molecule has 0 aliphatic carbocycles. The van der Waals surface area contributed by atoms with Crippen molar-refractivity contribution in [3.8, 4) is 16.3 Å². The molecular weight excluding hydrogens is 465 g/mol. The molecule has 1 N–H and O–H groups in total. The molecule has 0 unspecified atom stereocenters. The topological polar surface area (TPSA) is 62.7 Å². The summed E-state index contributed by atoms with van der Waals surface area (Å²) in [5.41, 5.74) is 1.84. The Morgan fingerprint density at radius 2 is 1.85 bits per heavy atom. The third-order valence-corrected chi connectivity index (χ3v) is 7.07. The van der Waals surface area contributed by atoms with E-state index in [0.29, 0.717) is 29.4 Å². The first-order valence-electron chi connectivity index (χ1n) is 10.8. The van der Waals surface area contributed by atoms with Gasteiger partial charge in [-0.2, -0.15) is 13.2 Å². The maximum atomic E-state index is 12.8. The number of alkyl halides is 3. The van der Waals surface area contributed by atoms with Gasteiger partial charge in [-0.25, -0.2) is 9.78 Å². The van der Waals surface area contributed by atoms with E-state index in [2.05, 4.69) is 9.88 Å². The van der Waals surface area contributed by atoms with Gasteiger partial charge in [-0.15, -0.1) is 11.3 Å². The van der Waals surface area contributed by atoms with Gasteiger partial charge in [0.05, 0.1) is 11.3 Å². The van der Waals surface area contributed by atoms with Crippen molar-refractivity contribution in [3.63, 3.8) is 0 Å². The van der Waals surface area contributed by atoms with E-state index in [1.165, 1.54) is 42.9 Å². The van der Waals surface area contributed by atoms with Gasteiger partial charge in [0, 0.05) is 30.1 Å². The molecule has 180 valence electrons. The van der Waals surface area contributed by atoms with Gasteiger partial charge in [-0.3, -0.25) is 4.90 Å². The molecule has 0 saturated carbocycles. The number of hydrogen-bond acceptors (Lipinski definition) is 5. The Kier molecular flexibility index (Phi) is 6.44. The van der Waals surface area contributed by atoms with Crippen molar-refractivity contribution in [2.24, 2.45) is 0 Å². The summed E-state index contributed by atoms with van der Waals surface area (Å²) in [6.45, 7) is 7.17. The molecule has 0 amide bonds. The Labute approximate surface area is 199 Å². The highest BCUT2D eigenvalue weighted by molar-refractivity contribution is 7.15. The van der Waals surface area contributed by atoms with Gasteiger partial charge in [0.25, 0.3) is 0 Å². The van der Waals surface area contributed by atoms with E-state index < -0.39 is 23.3 Å². The second-order valence-corrected chi connectivity index (χ2v) is 10.00. The Balaban J connectivity index is 1.47. The molecule has 0 saturated heterocycles. The first kappa shape index (κ1) is 24.2. The molecule has 0 atom stereocenters. The number of rotatable bonds is 6. The van der Waals surface area contributed by atoms with Crippen LogP contribution in [0, 0.1) is 6.92 Å². The van der Waals surface area contributed by atoms with Crippen molar-refractivity contribution in [3.05, 3.63) is 69.7 Å². The first-order valence-corrected chi connectivity index (χ1v) is 11.6. The summed E-state index contributed by atoms with van der Waals surface area (Å²) < 4.78 is 44.2. The monoisotopic (exact) mass is 490 g/mol. The smallest absolute Gasteiger partial charge is 0.416 e. The van der Waals surface area contributed by atoms with Gasteiger partial charge >= 0.3 is 12.1 Å². The maximum Gasteiger partial charge on any atom is 0.416 e. The zero-order valence-corrected chi connectivity index (χ0v) is 19.9. The zero-order valence-electron chi connectivity index (χ0n) is 19.1. The van der Waals surface area contributed by atoms with Gasteiger partial charge in [0.2, 0.25) is 0 Å². The fourth-order valence-electron chi connectivity index (χ4n) is 3.83. The Morgan fingerprint density at radius 3 is 2.50 bits per heavy atom. The summed E-state index contributed by atoms with van der Waals surface area (Å²) in [4.78, 5) is 19.3. The van der Waals surface area contributed by atoms with Gasteiger partial charge in [-0.1, -0.05) is 18.2 Å². The number of benzene rings is 2. The summed E-state index contributed by atoms with van der Waals surface area (Å²) in [5, 5.41) is 10.0. The largest absolute Gasteiger partial charge is 0.478 e. The van der Waals surface area contributed by atoms with Crippen LogP contribution in [0.2, 0.25) is 0 Å². The van der Waals surface area contributed by atoms with E-state index in [0.717, 1.165) is 41.2 Å². The molecule has 1 aromatic heterocycles. The second-order valence-electron chi connectivity index (χ2n) is 8.91. The quantitative estimate of drug-likeness (QED) is 0.464. The number of fused-ring (bicyclic) bond motifs is 1. The summed E-state index contributed by atoms with van der Waals surface area (Å²) in [6.07, 6.45) is -3.50. The molecule has 5 nitrogen and oxygen atoms in total. The molecule has 0 radical (unpaired) electrons. The first-order chi connectivity index (χ1) is 15.9. The average molecular weight is 491 g/mol. The van der Waals surface area contributed by atoms with Crippen LogP contribution in [-0.4, -0.2) is 33.1 Å². The Hall–Kier alpha value is -2.91. The molecule has 4 rings (SSSR count). The number of aromatic nitrogens is 1. The number of carboxylic acid groups (broad SMARTS) is 1. The van der Waals surface area contributed by atoms with Crippen molar-refractivity contribution in [2.45, 2.75) is 52.1 Å². The fourth-order valence-corrected chi connectivity index (χ4v) is 4.94. The van der Waals surface area contributed by atoms with Crippen molar-refractivity contribution < 1.29 is 27.8 Å². The van der Waals surface area contributed by atoms with Gasteiger partial charge in [0.1, 0.15) is 10.8 Å². The van der Waals surface area contributed by atoms with Crippen molar-refractivity contribution in [1.82, 2.24) is 9.88 Å². The molecule has 0 spiro atoms. The predicted octanol–water partition coefficient (Wildman–Crippen LogP) is 5.94. The lowest BCUT2D eigenvalue weighted by atomic mass is 9.99. The van der Waals surface area contributed by atoms with Crippen LogP contribution >= 0.6 is 11.3 Å². The van der Waals surface area contributed by atoms with Crippen LogP contribution in [0.1, 0.15) is 41.1 Å². The van der Waals surface area contributed by atoms with E-state index in [-0.39, 0.29) is 0 Å². The summed E-state index contributed by atoms with van der Waals surface area (Å²) in [6, 6.07) is 10.8. The van der Waals surface area contributed by atoms with Crippen LogP contribution in [0.4, 0.5) is 13.2 Å². The van der Waals surface area contributed by atoms with Crippen LogP contribution in [0.25, 0.3) is 10.6 Å². The summed E-state index contributed by atoms with van der Waals surface area (Å²) in [7, 11) is 0. The lowest BCUT2D eigenvalue weighted by Crippen LogP contribution is -2.38. The van der Waals surface area contributed by atoms with Crippen LogP contribution in [0.5, 0.6) is 5.75 Å². The minimum atomic E-state index is -4.36. The molecule has 2 aromatic carbocycles. The van der Waals surface area contributed by atoms with Gasteiger partial charge in [0.15, 0.2) is 5.60 Å². The number of carboxylic acids is 1. The van der Waals surface area contributed by atoms with E-state index >= 15 is 0 Å². The number of nitrogens with zero attached hydrogens (tertiary/aromatic N) is 2. The lowest BCUT2D eigenvalue weighted by Gasteiger charge is -2.29. The van der Waals surface area contributed by atoms with E-state index in [1.54, 1.807) is 0 Å². The fraction of sp³-hybridized carbons (Fsp3) is 0.360. The lowest BCUT2D eigenvalue weighted by molar-refractivity contribution is -0.152. The molecule has 9 heteroatoms. The second kappa shape index (κ2) is 9.03. The minimum Gasteiger partial charge on any atom is -0.478 e. The van der Waals surface area contributed by atoms with E-state index in [1.807, 2.05) is 25.1 Å². The van der Waals surface area contributed by atoms with Crippen LogP contribution in [0.15, 0.2) is 42.5 Å². The third kappa shape index (κ3) is 5.26. The number of aryl methyl sites for hydroxylation is 1. The summed E-state index contributed by atoms with van der Waals surface area (Å²) in [5.74, 6) is -0.511. The van der Waals surface area contributed by atoms with Crippen molar-refractivity contribution >= 4 is 17.3 Å². The predicted molar refractivity (Wildman–Crippen MR) is 124 cm³/mol. The molecule has 1 aliphatic heterocycles. The van der Waals surface area contributed by atoms with Gasteiger partial charge in [-0.05, 0) is 62.6 Å². The molecule has 0 bridgehead atoms. The van der Waals surface area contributed by atoms with Crippen molar-refractivity contribution in [1.29, 1.82) is 0 Å². The molecule has 3 aromatic rings. The zero-order chi connectivity index (χ0) is 24.7. The number of thiazole rings is 1. The normalized spacial score (nSPS) is 14.6.